The fourth-order valence-electron chi connectivity index (χ4n) is 2.29. The van der Waals surface area contributed by atoms with E-state index in [0.717, 1.165) is 11.3 Å². The van der Waals surface area contributed by atoms with Crippen LogP contribution in [0.4, 0.5) is 0 Å². The van der Waals surface area contributed by atoms with E-state index in [9.17, 15) is 0 Å². The fraction of sp³-hybridized carbons (Fsp3) is 0.125. The first-order valence-corrected chi connectivity index (χ1v) is 6.00. The summed E-state index contributed by atoms with van der Waals surface area (Å²) in [6.45, 7) is 2.07. The van der Waals surface area contributed by atoms with Gasteiger partial charge in [-0.05, 0) is 59.3 Å². The molecule has 0 aliphatic carbocycles. The first kappa shape index (κ1) is 10.9. The smallest absolute Gasteiger partial charge is 0.121 e. The number of aryl methyl sites for hydroxylation is 1. The highest BCUT2D eigenvalue weighted by Gasteiger charge is 2.03. The molecule has 0 spiro atoms. The fourth-order valence-corrected chi connectivity index (χ4v) is 2.29. The van der Waals surface area contributed by atoms with E-state index in [2.05, 4.69) is 48.3 Å². The number of aromatic amines is 1. The van der Waals surface area contributed by atoms with Crippen molar-refractivity contribution in [3.63, 3.8) is 0 Å². The third-order valence-electron chi connectivity index (χ3n) is 3.28. The van der Waals surface area contributed by atoms with E-state index >= 15 is 0 Å². The van der Waals surface area contributed by atoms with Crippen LogP contribution in [0.2, 0.25) is 0 Å². The summed E-state index contributed by atoms with van der Waals surface area (Å²) in [6, 6.07) is 14.8. The highest BCUT2D eigenvalue weighted by molar-refractivity contribution is 5.85. The van der Waals surface area contributed by atoms with Crippen LogP contribution in [0, 0.1) is 6.92 Å². The lowest BCUT2D eigenvalue weighted by atomic mass is 10.0. The SMILES string of the molecule is COc1ccc(-c2ccc3[nH]ccc3c2)cc1C. The minimum Gasteiger partial charge on any atom is -0.496 e. The molecule has 0 aliphatic rings. The van der Waals surface area contributed by atoms with E-state index in [1.54, 1.807) is 7.11 Å². The summed E-state index contributed by atoms with van der Waals surface area (Å²) in [5.74, 6) is 0.932. The van der Waals surface area contributed by atoms with Crippen LogP contribution in [0.3, 0.4) is 0 Å². The van der Waals surface area contributed by atoms with Gasteiger partial charge in [0.1, 0.15) is 5.75 Å². The summed E-state index contributed by atoms with van der Waals surface area (Å²) < 4.78 is 5.29. The quantitative estimate of drug-likeness (QED) is 0.711. The van der Waals surface area contributed by atoms with Gasteiger partial charge in [0, 0.05) is 11.7 Å². The molecule has 0 unspecified atom stereocenters. The number of hydrogen-bond donors (Lipinski definition) is 1. The Morgan fingerprint density at radius 1 is 0.944 bits per heavy atom. The van der Waals surface area contributed by atoms with Gasteiger partial charge in [0.2, 0.25) is 0 Å². The first-order valence-electron chi connectivity index (χ1n) is 6.00. The van der Waals surface area contributed by atoms with Gasteiger partial charge in [0.05, 0.1) is 7.11 Å². The Labute approximate surface area is 106 Å². The number of methoxy groups -OCH3 is 1. The van der Waals surface area contributed by atoms with E-state index in [1.165, 1.54) is 22.0 Å². The zero-order valence-corrected chi connectivity index (χ0v) is 10.5. The molecular formula is C16H15NO. The number of nitrogens with one attached hydrogen (secondary N) is 1. The topological polar surface area (TPSA) is 25.0 Å². The van der Waals surface area contributed by atoms with Crippen molar-refractivity contribution in [3.8, 4) is 16.9 Å². The number of benzene rings is 2. The first-order chi connectivity index (χ1) is 8.78. The molecule has 0 atom stereocenters. The zero-order chi connectivity index (χ0) is 12.5. The molecule has 1 heterocycles. The molecule has 0 saturated heterocycles. The molecule has 0 aliphatic heterocycles. The molecular weight excluding hydrogens is 222 g/mol. The van der Waals surface area contributed by atoms with E-state index in [0.29, 0.717) is 0 Å². The zero-order valence-electron chi connectivity index (χ0n) is 10.5. The van der Waals surface area contributed by atoms with Gasteiger partial charge in [-0.2, -0.15) is 0 Å². The van der Waals surface area contributed by atoms with Gasteiger partial charge in [-0.3, -0.25) is 0 Å². The van der Waals surface area contributed by atoms with Crippen LogP contribution in [0.1, 0.15) is 5.56 Å². The van der Waals surface area contributed by atoms with Crippen molar-refractivity contribution in [2.24, 2.45) is 0 Å². The van der Waals surface area contributed by atoms with Crippen LogP contribution in [-0.4, -0.2) is 12.1 Å². The predicted octanol–water partition coefficient (Wildman–Crippen LogP) is 4.15. The van der Waals surface area contributed by atoms with Crippen molar-refractivity contribution in [1.82, 2.24) is 4.98 Å². The second-order valence-corrected chi connectivity index (χ2v) is 4.46. The number of hydrogen-bond acceptors (Lipinski definition) is 1. The predicted molar refractivity (Wildman–Crippen MR) is 75.0 cm³/mol. The van der Waals surface area contributed by atoms with Crippen LogP contribution in [0.5, 0.6) is 5.75 Å². The number of H-pyrrole nitrogens is 1. The van der Waals surface area contributed by atoms with Crippen molar-refractivity contribution in [2.75, 3.05) is 7.11 Å². The van der Waals surface area contributed by atoms with Gasteiger partial charge >= 0.3 is 0 Å². The van der Waals surface area contributed by atoms with Gasteiger partial charge in [0.25, 0.3) is 0 Å². The Balaban J connectivity index is 2.10. The highest BCUT2D eigenvalue weighted by atomic mass is 16.5. The Morgan fingerprint density at radius 3 is 2.50 bits per heavy atom. The maximum Gasteiger partial charge on any atom is 0.121 e. The summed E-state index contributed by atoms with van der Waals surface area (Å²) in [4.78, 5) is 3.21. The molecule has 0 amide bonds. The lowest BCUT2D eigenvalue weighted by Gasteiger charge is -2.07. The monoisotopic (exact) mass is 237 g/mol. The Hall–Kier alpha value is -2.22. The van der Waals surface area contributed by atoms with Gasteiger partial charge in [-0.1, -0.05) is 12.1 Å². The lowest BCUT2D eigenvalue weighted by Crippen LogP contribution is -1.87. The standard InChI is InChI=1S/C16H15NO/c1-11-9-12(4-6-16(11)18-2)13-3-5-15-14(10-13)7-8-17-15/h3-10,17H,1-2H3. The Morgan fingerprint density at radius 2 is 1.72 bits per heavy atom. The molecule has 0 radical (unpaired) electrons. The lowest BCUT2D eigenvalue weighted by molar-refractivity contribution is 0.412. The molecule has 1 N–H and O–H groups in total. The Kier molecular flexibility index (Phi) is 2.56. The maximum absolute atomic E-state index is 5.29. The molecule has 0 saturated carbocycles. The van der Waals surface area contributed by atoms with Gasteiger partial charge in [-0.15, -0.1) is 0 Å². The number of aromatic nitrogens is 1. The molecule has 2 aromatic carbocycles. The van der Waals surface area contributed by atoms with Gasteiger partial charge < -0.3 is 9.72 Å². The molecule has 90 valence electrons. The maximum atomic E-state index is 5.29. The number of rotatable bonds is 2. The van der Waals surface area contributed by atoms with Crippen LogP contribution in [-0.2, 0) is 0 Å². The van der Waals surface area contributed by atoms with E-state index < -0.39 is 0 Å². The van der Waals surface area contributed by atoms with Crippen LogP contribution >= 0.6 is 0 Å². The van der Waals surface area contributed by atoms with Crippen LogP contribution in [0.25, 0.3) is 22.0 Å². The van der Waals surface area contributed by atoms with Crippen molar-refractivity contribution in [1.29, 1.82) is 0 Å². The third kappa shape index (κ3) is 1.76. The molecule has 2 nitrogen and oxygen atoms in total. The second kappa shape index (κ2) is 4.22. The molecule has 18 heavy (non-hydrogen) atoms. The number of ether oxygens (including phenoxy) is 1. The van der Waals surface area contributed by atoms with Crippen LogP contribution in [0.15, 0.2) is 48.7 Å². The second-order valence-electron chi connectivity index (χ2n) is 4.46. The van der Waals surface area contributed by atoms with Crippen molar-refractivity contribution >= 4 is 10.9 Å². The summed E-state index contributed by atoms with van der Waals surface area (Å²) in [5.41, 5.74) is 4.78. The van der Waals surface area contributed by atoms with Crippen molar-refractivity contribution in [2.45, 2.75) is 6.92 Å². The van der Waals surface area contributed by atoms with Gasteiger partial charge in [0.15, 0.2) is 0 Å². The third-order valence-corrected chi connectivity index (χ3v) is 3.28. The van der Waals surface area contributed by atoms with E-state index in [1.807, 2.05) is 12.3 Å². The average molecular weight is 237 g/mol. The van der Waals surface area contributed by atoms with Crippen molar-refractivity contribution < 1.29 is 4.74 Å². The molecule has 3 aromatic rings. The number of fused-ring (bicyclic) bond motifs is 1. The van der Waals surface area contributed by atoms with Crippen LogP contribution < -0.4 is 4.74 Å². The minimum absolute atomic E-state index is 0.932. The normalized spacial score (nSPS) is 10.8. The largest absolute Gasteiger partial charge is 0.496 e. The molecule has 1 aromatic heterocycles. The Bertz CT molecular complexity index is 697. The molecule has 3 rings (SSSR count). The summed E-state index contributed by atoms with van der Waals surface area (Å²) in [6.07, 6.45) is 1.97. The molecule has 0 bridgehead atoms. The summed E-state index contributed by atoms with van der Waals surface area (Å²) >= 11 is 0. The highest BCUT2D eigenvalue weighted by Crippen LogP contribution is 2.28. The average Bonchev–Trinajstić information content (AvgIpc) is 2.85. The van der Waals surface area contributed by atoms with Gasteiger partial charge in [-0.25, -0.2) is 0 Å². The van der Waals surface area contributed by atoms with E-state index in [-0.39, 0.29) is 0 Å². The van der Waals surface area contributed by atoms with E-state index in [4.69, 9.17) is 4.74 Å². The summed E-state index contributed by atoms with van der Waals surface area (Å²) in [7, 11) is 1.70. The molecule has 0 fully saturated rings. The summed E-state index contributed by atoms with van der Waals surface area (Å²) in [5, 5.41) is 1.24. The van der Waals surface area contributed by atoms with Crippen molar-refractivity contribution in [3.05, 3.63) is 54.2 Å². The minimum atomic E-state index is 0.932. The molecule has 2 heteroatoms.